The summed E-state index contributed by atoms with van der Waals surface area (Å²) in [5, 5.41) is 8.94. The van der Waals surface area contributed by atoms with Crippen molar-refractivity contribution in [2.45, 2.75) is 24.8 Å². The summed E-state index contributed by atoms with van der Waals surface area (Å²) in [5.41, 5.74) is 7.08. The van der Waals surface area contributed by atoms with Gasteiger partial charge in [0.1, 0.15) is 18.4 Å². The van der Waals surface area contributed by atoms with Crippen LogP contribution in [0.15, 0.2) is 55.1 Å². The molecule has 3 aromatic rings. The predicted molar refractivity (Wildman–Crippen MR) is 149 cm³/mol. The second-order valence-electron chi connectivity index (χ2n) is 10.7. The molecule has 6 rings (SSSR count). The quantitative estimate of drug-likeness (QED) is 0.427. The number of anilines is 1. The van der Waals surface area contributed by atoms with Gasteiger partial charge in [-0.3, -0.25) is 24.9 Å². The molecule has 2 saturated heterocycles. The van der Waals surface area contributed by atoms with Crippen molar-refractivity contribution in [1.29, 1.82) is 5.26 Å². The topological polar surface area (TPSA) is 140 Å². The molecule has 3 aliphatic rings. The molecule has 0 spiro atoms. The molecule has 1 aromatic carbocycles. The van der Waals surface area contributed by atoms with Gasteiger partial charge in [-0.2, -0.15) is 18.4 Å². The van der Waals surface area contributed by atoms with Crippen LogP contribution < -0.4 is 20.5 Å². The fourth-order valence-corrected chi connectivity index (χ4v) is 5.94. The van der Waals surface area contributed by atoms with Crippen LogP contribution in [0.4, 0.5) is 19.1 Å². The lowest BCUT2D eigenvalue weighted by Crippen LogP contribution is -2.64. The van der Waals surface area contributed by atoms with Crippen molar-refractivity contribution in [1.82, 2.24) is 35.6 Å². The number of ether oxygens (including phenoxy) is 1. The van der Waals surface area contributed by atoms with E-state index in [1.165, 1.54) is 24.8 Å². The van der Waals surface area contributed by atoms with E-state index in [-0.39, 0.29) is 25.6 Å². The second-order valence-corrected chi connectivity index (χ2v) is 10.7. The van der Waals surface area contributed by atoms with E-state index >= 15 is 0 Å². The smallest absolute Gasteiger partial charge is 0.402 e. The Morgan fingerprint density at radius 2 is 1.84 bits per heavy atom. The molecule has 12 nitrogen and oxygen atoms in total. The SMILES string of the molecule is N#Cc1cnc(N2CCN(C(=O)c3cncc(OC[C@@H]4c5ccccc5CN4C4CNNC(=O)C4C(F)(F)F)c3)CC2)nc1. The van der Waals surface area contributed by atoms with Gasteiger partial charge in [0.15, 0.2) is 5.92 Å². The highest BCUT2D eigenvalue weighted by atomic mass is 19.4. The van der Waals surface area contributed by atoms with Gasteiger partial charge in [-0.15, -0.1) is 0 Å². The molecular weight excluding hydrogens is 579 g/mol. The zero-order valence-electron chi connectivity index (χ0n) is 23.4. The van der Waals surface area contributed by atoms with E-state index in [0.717, 1.165) is 11.1 Å². The highest BCUT2D eigenvalue weighted by Gasteiger charge is 2.55. The van der Waals surface area contributed by atoms with Gasteiger partial charge in [-0.05, 0) is 17.2 Å². The van der Waals surface area contributed by atoms with E-state index in [4.69, 9.17) is 10.00 Å². The minimum absolute atomic E-state index is 0.0116. The summed E-state index contributed by atoms with van der Waals surface area (Å²) in [6.07, 6.45) is 1.09. The van der Waals surface area contributed by atoms with E-state index in [1.54, 1.807) is 15.9 Å². The highest BCUT2D eigenvalue weighted by molar-refractivity contribution is 5.94. The average Bonchev–Trinajstić information content (AvgIpc) is 3.41. The first-order chi connectivity index (χ1) is 21.2. The van der Waals surface area contributed by atoms with Crippen molar-refractivity contribution in [3.05, 3.63) is 77.4 Å². The van der Waals surface area contributed by atoms with Gasteiger partial charge >= 0.3 is 6.18 Å². The maximum atomic E-state index is 14.0. The van der Waals surface area contributed by atoms with E-state index < -0.39 is 30.1 Å². The van der Waals surface area contributed by atoms with Crippen molar-refractivity contribution < 1.29 is 27.5 Å². The summed E-state index contributed by atoms with van der Waals surface area (Å²) < 4.78 is 48.1. The van der Waals surface area contributed by atoms with E-state index in [9.17, 15) is 22.8 Å². The second kappa shape index (κ2) is 12.1. The number of alkyl halides is 3. The van der Waals surface area contributed by atoms with Gasteiger partial charge in [0, 0.05) is 51.5 Å². The summed E-state index contributed by atoms with van der Waals surface area (Å²) in [5.74, 6) is -2.76. The Morgan fingerprint density at radius 3 is 2.57 bits per heavy atom. The van der Waals surface area contributed by atoms with Crippen LogP contribution in [0, 0.1) is 17.2 Å². The maximum absolute atomic E-state index is 14.0. The Kier molecular flexibility index (Phi) is 8.02. The summed E-state index contributed by atoms with van der Waals surface area (Å²) in [7, 11) is 0. The number of hydrazine groups is 1. The van der Waals surface area contributed by atoms with Crippen molar-refractivity contribution in [3.63, 3.8) is 0 Å². The van der Waals surface area contributed by atoms with Gasteiger partial charge in [-0.1, -0.05) is 24.3 Å². The maximum Gasteiger partial charge on any atom is 0.402 e. The van der Waals surface area contributed by atoms with E-state index in [2.05, 4.69) is 25.8 Å². The fourth-order valence-electron chi connectivity index (χ4n) is 5.94. The summed E-state index contributed by atoms with van der Waals surface area (Å²) >= 11 is 0. The van der Waals surface area contributed by atoms with E-state index in [0.29, 0.717) is 49.0 Å². The van der Waals surface area contributed by atoms with Crippen LogP contribution in [-0.4, -0.2) is 88.1 Å². The molecule has 0 radical (unpaired) electrons. The molecule has 5 heterocycles. The van der Waals surface area contributed by atoms with Crippen LogP contribution in [0.1, 0.15) is 33.1 Å². The zero-order chi connectivity index (χ0) is 30.8. The molecule has 2 fully saturated rings. The molecule has 2 aromatic heterocycles. The summed E-state index contributed by atoms with van der Waals surface area (Å²) in [6.45, 7) is 1.98. The number of rotatable bonds is 6. The molecule has 228 valence electrons. The van der Waals surface area contributed by atoms with Crippen LogP contribution in [0.25, 0.3) is 0 Å². The Bertz CT molecular complexity index is 1570. The number of benzene rings is 1. The molecule has 44 heavy (non-hydrogen) atoms. The minimum atomic E-state index is -4.73. The van der Waals surface area contributed by atoms with Gasteiger partial charge in [-0.25, -0.2) is 15.4 Å². The number of piperazine rings is 1. The molecule has 3 atom stereocenters. The number of nitrogens with zero attached hydrogens (tertiary/aromatic N) is 7. The van der Waals surface area contributed by atoms with Crippen molar-refractivity contribution >= 4 is 17.8 Å². The van der Waals surface area contributed by atoms with Gasteiger partial charge in [0.25, 0.3) is 5.91 Å². The number of nitriles is 1. The number of fused-ring (bicyclic) bond motifs is 1. The number of halogens is 3. The van der Waals surface area contributed by atoms with Crippen molar-refractivity contribution in [2.24, 2.45) is 5.92 Å². The Morgan fingerprint density at radius 1 is 1.09 bits per heavy atom. The fraction of sp³-hybridized carbons (Fsp3) is 0.379. The summed E-state index contributed by atoms with van der Waals surface area (Å²) in [6, 6.07) is 9.19. The lowest BCUT2D eigenvalue weighted by atomic mass is 9.94. The first-order valence-corrected chi connectivity index (χ1v) is 14.0. The molecule has 2 amide bonds. The van der Waals surface area contributed by atoms with Crippen LogP contribution in [0.5, 0.6) is 5.75 Å². The Labute approximate surface area is 250 Å². The third-order valence-electron chi connectivity index (χ3n) is 8.12. The van der Waals surface area contributed by atoms with E-state index in [1.807, 2.05) is 35.2 Å². The lowest BCUT2D eigenvalue weighted by Gasteiger charge is -2.40. The number of amides is 2. The highest BCUT2D eigenvalue weighted by Crippen LogP contribution is 2.41. The van der Waals surface area contributed by atoms with Gasteiger partial charge < -0.3 is 14.5 Å². The Balaban J connectivity index is 1.13. The monoisotopic (exact) mass is 607 g/mol. The molecule has 2 unspecified atom stereocenters. The minimum Gasteiger partial charge on any atom is -0.490 e. The molecule has 0 saturated carbocycles. The van der Waals surface area contributed by atoms with Gasteiger partial charge in [0.2, 0.25) is 11.9 Å². The summed E-state index contributed by atoms with van der Waals surface area (Å²) in [4.78, 5) is 43.5. The number of hydrogen-bond donors (Lipinski definition) is 2. The van der Waals surface area contributed by atoms with Crippen molar-refractivity contribution in [2.75, 3.05) is 44.2 Å². The van der Waals surface area contributed by atoms with Crippen LogP contribution >= 0.6 is 0 Å². The molecule has 0 bridgehead atoms. The van der Waals surface area contributed by atoms with Crippen LogP contribution in [0.2, 0.25) is 0 Å². The molecule has 15 heteroatoms. The number of carbonyl (C=O) groups excluding carboxylic acids is 2. The number of pyridine rings is 1. The van der Waals surface area contributed by atoms with Crippen LogP contribution in [-0.2, 0) is 11.3 Å². The molecule has 3 aliphatic heterocycles. The third kappa shape index (κ3) is 5.86. The molecule has 0 aliphatic carbocycles. The third-order valence-corrected chi connectivity index (χ3v) is 8.12. The lowest BCUT2D eigenvalue weighted by molar-refractivity contribution is -0.202. The predicted octanol–water partition coefficient (Wildman–Crippen LogP) is 1.82. The molecular formula is C29H28F3N9O3. The standard InChI is InChI=1S/C29H28F3N9O3/c30-29(31,32)25-23(15-37-38-26(25)42)41-16-19-3-1-2-4-22(19)24(41)17-44-21-9-20(13-34-14-21)27(43)39-5-7-40(8-6-39)28-35-11-18(10-33)12-36-28/h1-4,9,11-14,23-25,37H,5-8,15-17H2,(H,38,42)/t23?,24-,25?/m1/s1. The number of aromatic nitrogens is 3. The van der Waals surface area contributed by atoms with Crippen LogP contribution in [0.3, 0.4) is 0 Å². The zero-order valence-corrected chi connectivity index (χ0v) is 23.4. The Hall–Kier alpha value is -4.81. The molecule has 2 N–H and O–H groups in total. The largest absolute Gasteiger partial charge is 0.490 e. The first-order valence-electron chi connectivity index (χ1n) is 14.0. The van der Waals surface area contributed by atoms with Crippen molar-refractivity contribution in [3.8, 4) is 11.8 Å². The first kappa shape index (κ1) is 29.3. The normalized spacial score (nSPS) is 22.2. The van der Waals surface area contributed by atoms with Gasteiger partial charge in [0.05, 0.1) is 35.8 Å². The average molecular weight is 608 g/mol. The number of nitrogens with one attached hydrogen (secondary N) is 2. The number of carbonyl (C=O) groups is 2. The number of hydrogen-bond acceptors (Lipinski definition) is 10.